The van der Waals surface area contributed by atoms with Crippen LogP contribution in [0.25, 0.3) is 22.2 Å². The second-order valence-electron chi connectivity index (χ2n) is 9.63. The number of carbonyl (C=O) groups excluding carboxylic acids is 1. The minimum absolute atomic E-state index is 0.0711. The van der Waals surface area contributed by atoms with Crippen molar-refractivity contribution in [3.05, 3.63) is 77.6 Å². The Hall–Kier alpha value is -3.94. The van der Waals surface area contributed by atoms with Crippen molar-refractivity contribution in [1.82, 2.24) is 14.9 Å². The number of hydrogen-bond acceptors (Lipinski definition) is 4. The zero-order chi connectivity index (χ0) is 24.4. The molecule has 7 rings (SSSR count). The van der Waals surface area contributed by atoms with Gasteiger partial charge in [-0.2, -0.15) is 8.78 Å². The molecule has 0 spiro atoms. The van der Waals surface area contributed by atoms with Gasteiger partial charge in [0.25, 0.3) is 5.91 Å². The fourth-order valence-electron chi connectivity index (χ4n) is 6.13. The highest BCUT2D eigenvalue weighted by Crippen LogP contribution is 2.50. The number of hydrogen-bond donors (Lipinski definition) is 1. The molecule has 1 amide bonds. The lowest BCUT2D eigenvalue weighted by Gasteiger charge is -2.24. The van der Waals surface area contributed by atoms with Gasteiger partial charge in [-0.3, -0.25) is 4.79 Å². The minimum atomic E-state index is -2.98. The summed E-state index contributed by atoms with van der Waals surface area (Å²) < 4.78 is 34.3. The minimum Gasteiger partial charge on any atom is -0.434 e. The molecule has 0 radical (unpaired) electrons. The fraction of sp³-hybridized carbons (Fsp3) is 0.286. The van der Waals surface area contributed by atoms with Crippen LogP contribution < -0.4 is 15.0 Å². The number of aromatic nitrogens is 2. The van der Waals surface area contributed by atoms with Gasteiger partial charge in [-0.15, -0.1) is 0 Å². The van der Waals surface area contributed by atoms with Crippen LogP contribution in [-0.4, -0.2) is 35.2 Å². The zero-order valence-electron chi connectivity index (χ0n) is 19.5. The first kappa shape index (κ1) is 21.4. The largest absolute Gasteiger partial charge is 0.434 e. The quantitative estimate of drug-likeness (QED) is 0.403. The lowest BCUT2D eigenvalue weighted by Crippen LogP contribution is -2.28. The number of benzene rings is 3. The van der Waals surface area contributed by atoms with Gasteiger partial charge in [-0.25, -0.2) is 4.98 Å². The van der Waals surface area contributed by atoms with Crippen LogP contribution in [0.5, 0.6) is 5.75 Å². The first-order valence-electron chi connectivity index (χ1n) is 12.3. The molecular formula is C28H24F2N4O2. The van der Waals surface area contributed by atoms with Crippen molar-refractivity contribution >= 4 is 22.6 Å². The average Bonchev–Trinajstić information content (AvgIpc) is 3.59. The summed E-state index contributed by atoms with van der Waals surface area (Å²) >= 11 is 0. The van der Waals surface area contributed by atoms with E-state index in [-0.39, 0.29) is 23.7 Å². The lowest BCUT2D eigenvalue weighted by atomic mass is 9.88. The number of fused-ring (bicyclic) bond motifs is 9. The van der Waals surface area contributed by atoms with Crippen LogP contribution in [0, 0.1) is 0 Å². The van der Waals surface area contributed by atoms with Crippen LogP contribution in [0.4, 0.5) is 14.5 Å². The number of rotatable bonds is 4. The molecule has 1 saturated heterocycles. The van der Waals surface area contributed by atoms with Crippen molar-refractivity contribution in [2.75, 3.05) is 18.0 Å². The summed E-state index contributed by atoms with van der Waals surface area (Å²) in [5, 5.41) is 3.11. The van der Waals surface area contributed by atoms with E-state index >= 15 is 0 Å². The van der Waals surface area contributed by atoms with Gasteiger partial charge in [-0.05, 0) is 66.8 Å². The third kappa shape index (κ3) is 3.20. The molecule has 1 N–H and O–H groups in total. The number of carbonyl (C=O) groups is 1. The first-order chi connectivity index (χ1) is 17.6. The Morgan fingerprint density at radius 3 is 2.56 bits per heavy atom. The number of ether oxygens (including phenoxy) is 1. The summed E-state index contributed by atoms with van der Waals surface area (Å²) in [4.78, 5) is 20.5. The molecule has 2 atom stereocenters. The topological polar surface area (TPSA) is 59.4 Å². The van der Waals surface area contributed by atoms with Crippen LogP contribution in [0.1, 0.15) is 53.1 Å². The second-order valence-corrected chi connectivity index (χ2v) is 9.63. The molecule has 8 heteroatoms. The SMILES string of the molecule is O=C1N[C@@H]2C[C@H](c3c1ccc(OC(F)F)c3-c1ccc(N3CCCC3)cc1)n1c2nc2ccccc21. The van der Waals surface area contributed by atoms with Crippen molar-refractivity contribution < 1.29 is 18.3 Å². The molecule has 0 unspecified atom stereocenters. The molecule has 0 aliphatic carbocycles. The summed E-state index contributed by atoms with van der Waals surface area (Å²) in [6, 6.07) is 18.4. The van der Waals surface area contributed by atoms with Crippen LogP contribution in [0.15, 0.2) is 60.7 Å². The summed E-state index contributed by atoms with van der Waals surface area (Å²) in [5.74, 6) is 0.631. The smallest absolute Gasteiger partial charge is 0.387 e. The molecular weight excluding hydrogens is 462 g/mol. The Kier molecular flexibility index (Phi) is 4.77. The van der Waals surface area contributed by atoms with Gasteiger partial charge < -0.3 is 19.5 Å². The maximum absolute atomic E-state index is 13.5. The Balaban J connectivity index is 1.45. The molecule has 1 aromatic heterocycles. The molecule has 4 aromatic rings. The van der Waals surface area contributed by atoms with Gasteiger partial charge in [0, 0.05) is 29.9 Å². The van der Waals surface area contributed by atoms with Crippen molar-refractivity contribution in [2.24, 2.45) is 0 Å². The van der Waals surface area contributed by atoms with E-state index in [9.17, 15) is 13.6 Å². The highest BCUT2D eigenvalue weighted by molar-refractivity contribution is 6.00. The van der Waals surface area contributed by atoms with Gasteiger partial charge in [0.05, 0.1) is 23.1 Å². The summed E-state index contributed by atoms with van der Waals surface area (Å²) in [5.41, 5.74) is 5.36. The second kappa shape index (κ2) is 8.05. The maximum atomic E-state index is 13.5. The van der Waals surface area contributed by atoms with Crippen molar-refractivity contribution in [3.63, 3.8) is 0 Å². The Bertz CT molecular complexity index is 1490. The first-order valence-corrected chi connectivity index (χ1v) is 12.3. The van der Waals surface area contributed by atoms with E-state index in [1.165, 1.54) is 18.9 Å². The maximum Gasteiger partial charge on any atom is 0.387 e. The zero-order valence-corrected chi connectivity index (χ0v) is 19.5. The van der Waals surface area contributed by atoms with Crippen molar-refractivity contribution in [1.29, 1.82) is 0 Å². The van der Waals surface area contributed by atoms with Crippen molar-refractivity contribution in [3.8, 4) is 16.9 Å². The van der Waals surface area contributed by atoms with E-state index in [1.54, 1.807) is 6.07 Å². The third-order valence-electron chi connectivity index (χ3n) is 7.64. The number of halogens is 2. The number of anilines is 1. The number of imidazole rings is 1. The Labute approximate surface area is 206 Å². The molecule has 3 aromatic carbocycles. The molecule has 3 aliphatic heterocycles. The van der Waals surface area contributed by atoms with E-state index in [4.69, 9.17) is 9.72 Å². The molecule has 6 nitrogen and oxygen atoms in total. The van der Waals surface area contributed by atoms with Gasteiger partial charge in [0.15, 0.2) is 0 Å². The monoisotopic (exact) mass is 486 g/mol. The lowest BCUT2D eigenvalue weighted by molar-refractivity contribution is -0.0495. The number of alkyl halides is 2. The van der Waals surface area contributed by atoms with Gasteiger partial charge >= 0.3 is 6.61 Å². The summed E-state index contributed by atoms with van der Waals surface area (Å²) in [7, 11) is 0. The summed E-state index contributed by atoms with van der Waals surface area (Å²) in [6.07, 6.45) is 2.93. The molecule has 182 valence electrons. The Morgan fingerprint density at radius 2 is 1.78 bits per heavy atom. The predicted molar refractivity (Wildman–Crippen MR) is 133 cm³/mol. The molecule has 0 saturated carbocycles. The van der Waals surface area contributed by atoms with Gasteiger partial charge in [0.1, 0.15) is 11.6 Å². The van der Waals surface area contributed by atoms with Gasteiger partial charge in [-0.1, -0.05) is 24.3 Å². The summed E-state index contributed by atoms with van der Waals surface area (Å²) in [6.45, 7) is -0.953. The Morgan fingerprint density at radius 1 is 1.00 bits per heavy atom. The van der Waals surface area contributed by atoms with E-state index in [1.807, 2.05) is 48.5 Å². The molecule has 36 heavy (non-hydrogen) atoms. The normalized spacial score (nSPS) is 20.4. The van der Waals surface area contributed by atoms with Gasteiger partial charge in [0.2, 0.25) is 0 Å². The predicted octanol–water partition coefficient (Wildman–Crippen LogP) is 5.68. The van der Waals surface area contributed by atoms with Crippen LogP contribution in [0.3, 0.4) is 0 Å². The number of para-hydroxylation sites is 2. The molecule has 1 fully saturated rings. The van der Waals surface area contributed by atoms with E-state index < -0.39 is 6.61 Å². The number of nitrogens with zero attached hydrogens (tertiary/aromatic N) is 3. The van der Waals surface area contributed by atoms with E-state index in [0.717, 1.165) is 41.2 Å². The highest BCUT2D eigenvalue weighted by atomic mass is 19.3. The molecule has 2 bridgehead atoms. The van der Waals surface area contributed by atoms with Crippen LogP contribution in [0.2, 0.25) is 0 Å². The van der Waals surface area contributed by atoms with Crippen LogP contribution in [-0.2, 0) is 0 Å². The van der Waals surface area contributed by atoms with Crippen molar-refractivity contribution in [2.45, 2.75) is 38.0 Å². The van der Waals surface area contributed by atoms with E-state index in [2.05, 4.69) is 14.8 Å². The standard InChI is InChI=1S/C28H24F2N4O2/c29-28(30)36-23-12-11-18-25(24(23)16-7-9-17(10-8-16)33-13-3-4-14-33)22-15-20(32-27(18)35)26-31-19-5-1-2-6-21(19)34(22)26/h1-2,5-12,20,22,28H,3-4,13-15H2,(H,32,35)/t20-,22-/m1/s1. The molecule has 4 heterocycles. The molecule has 3 aliphatic rings. The van der Waals surface area contributed by atoms with E-state index in [0.29, 0.717) is 23.1 Å². The van der Waals surface area contributed by atoms with Crippen LogP contribution >= 0.6 is 0 Å². The fourth-order valence-corrected chi connectivity index (χ4v) is 6.13. The number of amides is 1. The highest BCUT2D eigenvalue weighted by Gasteiger charge is 2.42. The third-order valence-corrected chi connectivity index (χ3v) is 7.64. The average molecular weight is 487 g/mol. The number of nitrogens with one attached hydrogen (secondary N) is 1.